The second-order valence-corrected chi connectivity index (χ2v) is 14.9. The fourth-order valence-corrected chi connectivity index (χ4v) is 7.22. The number of carbonyl (C=O) groups is 4. The molecular formula is C41H52N10O9. The molecule has 3 aromatic heterocycles. The van der Waals surface area contributed by atoms with Crippen LogP contribution in [0.2, 0.25) is 0 Å². The van der Waals surface area contributed by atoms with Crippen LogP contribution in [0.3, 0.4) is 0 Å². The number of aliphatic hydroxyl groups excluding tert-OH is 2. The number of benzene rings is 2. The third-order valence-corrected chi connectivity index (χ3v) is 10.5. The Bertz CT molecular complexity index is 2390. The van der Waals surface area contributed by atoms with Gasteiger partial charge in [0.1, 0.15) is 30.4 Å². The Morgan fingerprint density at radius 2 is 1.45 bits per heavy atom. The molecule has 6 rings (SSSR count). The van der Waals surface area contributed by atoms with Crippen molar-refractivity contribution < 1.29 is 34.1 Å². The van der Waals surface area contributed by atoms with E-state index in [2.05, 4.69) is 48.5 Å². The lowest BCUT2D eigenvalue weighted by Crippen LogP contribution is -2.59. The van der Waals surface area contributed by atoms with Crippen molar-refractivity contribution in [2.24, 2.45) is 5.73 Å². The molecule has 19 nitrogen and oxygen atoms in total. The van der Waals surface area contributed by atoms with Gasteiger partial charge in [-0.3, -0.25) is 28.7 Å². The second-order valence-electron chi connectivity index (χ2n) is 14.9. The fraction of sp³-hybridized carbons (Fsp3) is 0.415. The number of hydrogen-bond donors (Lipinski definition) is 11. The molecule has 0 unspecified atom stereocenters. The molecule has 4 heterocycles. The highest BCUT2D eigenvalue weighted by Gasteiger charge is 2.44. The molecule has 320 valence electrons. The van der Waals surface area contributed by atoms with Gasteiger partial charge in [-0.1, -0.05) is 62.6 Å². The molecular weight excluding hydrogens is 777 g/mol. The maximum Gasteiger partial charge on any atom is 0.330 e. The summed E-state index contributed by atoms with van der Waals surface area (Å²) in [6.45, 7) is 1.65. The lowest BCUT2D eigenvalue weighted by Gasteiger charge is -2.25. The van der Waals surface area contributed by atoms with Crippen LogP contribution >= 0.6 is 0 Å². The lowest BCUT2D eigenvalue weighted by atomic mass is 10.0. The molecule has 5 aromatic rings. The minimum absolute atomic E-state index is 0.0425. The quantitative estimate of drug-likeness (QED) is 0.0492. The van der Waals surface area contributed by atoms with E-state index in [1.165, 1.54) is 0 Å². The average Bonchev–Trinajstić information content (AvgIpc) is 3.93. The highest BCUT2D eigenvalue weighted by molar-refractivity contribution is 5.93. The molecule has 1 saturated heterocycles. The van der Waals surface area contributed by atoms with E-state index in [-0.39, 0.29) is 12.8 Å². The van der Waals surface area contributed by atoms with Crippen LogP contribution in [0.5, 0.6) is 0 Å². The number of ether oxygens (including phenoxy) is 1. The van der Waals surface area contributed by atoms with E-state index in [1.54, 1.807) is 12.4 Å². The van der Waals surface area contributed by atoms with Crippen LogP contribution in [-0.4, -0.2) is 110 Å². The summed E-state index contributed by atoms with van der Waals surface area (Å²) < 4.78 is 6.64. The minimum Gasteiger partial charge on any atom is -0.387 e. The van der Waals surface area contributed by atoms with Gasteiger partial charge in [-0.15, -0.1) is 0 Å². The van der Waals surface area contributed by atoms with Crippen molar-refractivity contribution in [3.63, 3.8) is 0 Å². The Morgan fingerprint density at radius 3 is 2.12 bits per heavy atom. The van der Waals surface area contributed by atoms with Crippen LogP contribution in [0.1, 0.15) is 50.0 Å². The standard InChI is InChI=1S/C41H52N10O9/c1-2-3-4-9-15-43-40(58)49-30(18-24-20-45-29-13-8-6-11-26(24)29)38(57)48-31(21-46-36(55)27(42)17-23-19-44-28-12-7-5-10-25(23)28)37(56)47-22-32-34(53)35(54)39(60-32)51-16-14-33(52)50-41(51)59/h5-8,10-14,16,19-20,27,30-32,34-35,39,44-45,53-54H,2-4,9,15,17-18,21-22,42H2,1H3,(H,46,55)(H,47,56)(H,48,57)(H2,43,49,58)(H,50,52,59)/t27-,30-,31-,32+,34+,35+,39+/m0/s1. The first-order chi connectivity index (χ1) is 28.9. The molecule has 1 aliphatic heterocycles. The zero-order chi connectivity index (χ0) is 42.8. The maximum absolute atomic E-state index is 14.2. The molecule has 0 aliphatic carbocycles. The SMILES string of the molecule is CCCCCCNC(=O)N[C@@H](Cc1c[nH]c2ccccc12)C(=O)N[C@@H](CNC(=O)[C@@H](N)Cc1c[nH]c2ccccc12)C(=O)NC[C@H]1O[C@@H](n2ccc(=O)[nH]c2=O)[C@H](O)[C@@H]1O. The Labute approximate surface area is 343 Å². The summed E-state index contributed by atoms with van der Waals surface area (Å²) >= 11 is 0. The van der Waals surface area contributed by atoms with Crippen molar-refractivity contribution in [3.05, 3.63) is 105 Å². The molecule has 1 aliphatic rings. The van der Waals surface area contributed by atoms with Crippen molar-refractivity contribution in [2.75, 3.05) is 19.6 Å². The van der Waals surface area contributed by atoms with Crippen molar-refractivity contribution in [3.8, 4) is 0 Å². The Hall–Kier alpha value is -6.28. The highest BCUT2D eigenvalue weighted by Crippen LogP contribution is 2.28. The summed E-state index contributed by atoms with van der Waals surface area (Å²) in [6.07, 6.45) is 2.74. The Morgan fingerprint density at radius 1 is 0.783 bits per heavy atom. The molecule has 60 heavy (non-hydrogen) atoms. The van der Waals surface area contributed by atoms with Crippen LogP contribution < -0.4 is 43.6 Å². The van der Waals surface area contributed by atoms with Gasteiger partial charge in [-0.05, 0) is 36.1 Å². The van der Waals surface area contributed by atoms with E-state index in [0.717, 1.165) is 75.4 Å². The topological polar surface area (TPSA) is 291 Å². The second kappa shape index (κ2) is 20.1. The van der Waals surface area contributed by atoms with Crippen molar-refractivity contribution >= 4 is 45.6 Å². The number of unbranched alkanes of at least 4 members (excludes halogenated alkanes) is 3. The summed E-state index contributed by atoms with van der Waals surface area (Å²) in [5.41, 5.74) is 8.01. The number of nitrogens with zero attached hydrogens (tertiary/aromatic N) is 1. The number of hydrogen-bond acceptors (Lipinski definition) is 10. The number of aromatic nitrogens is 4. The molecule has 0 bridgehead atoms. The Kier molecular flexibility index (Phi) is 14.5. The molecule has 0 saturated carbocycles. The van der Waals surface area contributed by atoms with Crippen LogP contribution in [0, 0.1) is 0 Å². The number of aliphatic hydroxyl groups is 2. The molecule has 1 fully saturated rings. The van der Waals surface area contributed by atoms with Gasteiger partial charge in [0.15, 0.2) is 6.23 Å². The highest BCUT2D eigenvalue weighted by atomic mass is 16.6. The smallest absolute Gasteiger partial charge is 0.330 e. The average molecular weight is 829 g/mol. The van der Waals surface area contributed by atoms with Gasteiger partial charge in [0.2, 0.25) is 17.7 Å². The summed E-state index contributed by atoms with van der Waals surface area (Å²) in [7, 11) is 0. The van der Waals surface area contributed by atoms with Crippen LogP contribution in [0.15, 0.2) is 82.8 Å². The fourth-order valence-electron chi connectivity index (χ4n) is 7.22. The number of fused-ring (bicyclic) bond motifs is 2. The van der Waals surface area contributed by atoms with E-state index < -0.39 is 90.8 Å². The van der Waals surface area contributed by atoms with Gasteiger partial charge in [0, 0.05) is 72.5 Å². The first-order valence-corrected chi connectivity index (χ1v) is 20.0. The number of H-pyrrole nitrogens is 3. The van der Waals surface area contributed by atoms with E-state index >= 15 is 0 Å². The first kappa shape index (κ1) is 43.3. The van der Waals surface area contributed by atoms with E-state index in [0.29, 0.717) is 6.54 Å². The number of amides is 5. The predicted molar refractivity (Wildman–Crippen MR) is 222 cm³/mol. The van der Waals surface area contributed by atoms with Crippen molar-refractivity contribution in [1.29, 1.82) is 0 Å². The van der Waals surface area contributed by atoms with Crippen LogP contribution in [0.25, 0.3) is 21.8 Å². The molecule has 19 heteroatoms. The molecule has 2 aromatic carbocycles. The van der Waals surface area contributed by atoms with Gasteiger partial charge in [0.05, 0.1) is 6.04 Å². The summed E-state index contributed by atoms with van der Waals surface area (Å²) in [6, 6.07) is 11.8. The summed E-state index contributed by atoms with van der Waals surface area (Å²) in [5.74, 6) is -2.14. The molecule has 7 atom stereocenters. The molecule has 12 N–H and O–H groups in total. The first-order valence-electron chi connectivity index (χ1n) is 20.0. The normalized spacial score (nSPS) is 19.1. The Balaban J connectivity index is 1.18. The molecule has 0 spiro atoms. The van der Waals surface area contributed by atoms with Gasteiger partial charge in [0.25, 0.3) is 5.56 Å². The number of urea groups is 1. The van der Waals surface area contributed by atoms with Gasteiger partial charge in [-0.25, -0.2) is 9.59 Å². The zero-order valence-corrected chi connectivity index (χ0v) is 33.1. The third kappa shape index (κ3) is 10.7. The third-order valence-electron chi connectivity index (χ3n) is 10.5. The van der Waals surface area contributed by atoms with E-state index in [9.17, 15) is 39.0 Å². The largest absolute Gasteiger partial charge is 0.387 e. The summed E-state index contributed by atoms with van der Waals surface area (Å²) in [5, 5.41) is 36.7. The summed E-state index contributed by atoms with van der Waals surface area (Å²) in [4.78, 5) is 86.9. The molecule has 5 amide bonds. The monoisotopic (exact) mass is 828 g/mol. The number of nitrogens with two attached hydrogens (primary N) is 1. The van der Waals surface area contributed by atoms with E-state index in [1.807, 2.05) is 48.5 Å². The van der Waals surface area contributed by atoms with Gasteiger partial charge >= 0.3 is 11.7 Å². The van der Waals surface area contributed by atoms with Gasteiger partial charge in [-0.2, -0.15) is 0 Å². The van der Waals surface area contributed by atoms with Crippen LogP contribution in [-0.2, 0) is 32.0 Å². The van der Waals surface area contributed by atoms with Crippen molar-refractivity contribution in [2.45, 2.75) is 88.1 Å². The minimum atomic E-state index is -1.61. The van der Waals surface area contributed by atoms with Crippen LogP contribution in [0.4, 0.5) is 4.79 Å². The number of para-hydroxylation sites is 2. The van der Waals surface area contributed by atoms with Crippen molar-refractivity contribution in [1.82, 2.24) is 46.1 Å². The number of rotatable bonds is 19. The zero-order valence-electron chi connectivity index (χ0n) is 33.1. The lowest BCUT2D eigenvalue weighted by molar-refractivity contribution is -0.131. The maximum atomic E-state index is 14.2. The molecule has 0 radical (unpaired) electrons. The number of carbonyl (C=O) groups excluding carboxylic acids is 4. The number of aromatic amines is 3. The van der Waals surface area contributed by atoms with Gasteiger partial charge < -0.3 is 57.2 Å². The predicted octanol–water partition coefficient (Wildman–Crippen LogP) is -0.104. The number of nitrogens with one attached hydrogen (secondary N) is 8. The van der Waals surface area contributed by atoms with E-state index in [4.69, 9.17) is 10.5 Å².